The largest absolute Gasteiger partial charge is 0.325 e. The summed E-state index contributed by atoms with van der Waals surface area (Å²) in [6.07, 6.45) is 0. The number of rotatable bonds is 5. The molecule has 0 radical (unpaired) electrons. The van der Waals surface area contributed by atoms with E-state index in [1.54, 1.807) is 0 Å². The molecule has 1 heterocycles. The monoisotopic (exact) mass is 402 g/mol. The van der Waals surface area contributed by atoms with E-state index in [-0.39, 0.29) is 11.2 Å². The Bertz CT molecular complexity index is 1160. The summed E-state index contributed by atoms with van der Waals surface area (Å²) in [5.41, 5.74) is 3.00. The number of benzene rings is 3. The Balaban J connectivity index is 1.55. The number of fused-ring (bicyclic) bond motifs is 1. The van der Waals surface area contributed by atoms with Crippen molar-refractivity contribution < 1.29 is 4.79 Å². The van der Waals surface area contributed by atoms with Gasteiger partial charge in [0.1, 0.15) is 5.82 Å². The average molecular weight is 403 g/mol. The molecule has 1 aromatic heterocycles. The zero-order valence-electron chi connectivity index (χ0n) is 16.6. The van der Waals surface area contributed by atoms with E-state index in [0.717, 1.165) is 28.0 Å². The standard InChI is InChI=1S/C23H22N4OS/c1-15-11-13-19(14-12-15)27-17(3)25-26-23(27)29-16(2)22(28)24-21-10-6-8-18-7-4-5-9-20(18)21/h4-14,16H,1-3H3,(H,24,28)/t16-/m0/s1. The van der Waals surface area contributed by atoms with Gasteiger partial charge in [-0.2, -0.15) is 0 Å². The van der Waals surface area contributed by atoms with Crippen LogP contribution in [0.4, 0.5) is 5.69 Å². The second kappa shape index (κ2) is 8.09. The molecule has 0 saturated carbocycles. The first-order valence-corrected chi connectivity index (χ1v) is 10.4. The van der Waals surface area contributed by atoms with E-state index in [4.69, 9.17) is 0 Å². The molecule has 0 aliphatic carbocycles. The van der Waals surface area contributed by atoms with Gasteiger partial charge in [-0.25, -0.2) is 0 Å². The molecule has 4 rings (SSSR count). The predicted molar refractivity (Wildman–Crippen MR) is 119 cm³/mol. The van der Waals surface area contributed by atoms with Crippen LogP contribution in [0.15, 0.2) is 71.9 Å². The Hall–Kier alpha value is -3.12. The van der Waals surface area contributed by atoms with Crippen molar-refractivity contribution in [2.24, 2.45) is 0 Å². The van der Waals surface area contributed by atoms with Crippen molar-refractivity contribution in [2.45, 2.75) is 31.2 Å². The third-order valence-electron chi connectivity index (χ3n) is 4.79. The Morgan fingerprint density at radius 2 is 1.69 bits per heavy atom. The van der Waals surface area contributed by atoms with Crippen LogP contribution in [-0.4, -0.2) is 25.9 Å². The molecule has 1 N–H and O–H groups in total. The number of carbonyl (C=O) groups is 1. The minimum absolute atomic E-state index is 0.0672. The van der Waals surface area contributed by atoms with Crippen molar-refractivity contribution in [1.29, 1.82) is 0 Å². The van der Waals surface area contributed by atoms with Gasteiger partial charge in [-0.15, -0.1) is 10.2 Å². The normalized spacial score (nSPS) is 12.1. The number of aromatic nitrogens is 3. The topological polar surface area (TPSA) is 59.8 Å². The fourth-order valence-electron chi connectivity index (χ4n) is 3.19. The number of thioether (sulfide) groups is 1. The number of carbonyl (C=O) groups excluding carboxylic acids is 1. The number of nitrogens with one attached hydrogen (secondary N) is 1. The van der Waals surface area contributed by atoms with Crippen LogP contribution in [0.3, 0.4) is 0 Å². The summed E-state index contributed by atoms with van der Waals surface area (Å²) in [5, 5.41) is 14.1. The quantitative estimate of drug-likeness (QED) is 0.469. The van der Waals surface area contributed by atoms with Crippen LogP contribution in [0.25, 0.3) is 16.5 Å². The van der Waals surface area contributed by atoms with Gasteiger partial charge in [0, 0.05) is 16.8 Å². The van der Waals surface area contributed by atoms with Gasteiger partial charge < -0.3 is 5.32 Å². The summed E-state index contributed by atoms with van der Waals surface area (Å²) in [6, 6.07) is 22.1. The van der Waals surface area contributed by atoms with Gasteiger partial charge in [0.25, 0.3) is 0 Å². The number of amides is 1. The molecule has 0 bridgehead atoms. The highest BCUT2D eigenvalue weighted by Crippen LogP contribution is 2.28. The minimum atomic E-state index is -0.332. The molecule has 0 aliphatic heterocycles. The van der Waals surface area contributed by atoms with E-state index in [9.17, 15) is 4.79 Å². The molecule has 0 saturated heterocycles. The van der Waals surface area contributed by atoms with Gasteiger partial charge in [-0.3, -0.25) is 9.36 Å². The van der Waals surface area contributed by atoms with Crippen LogP contribution in [-0.2, 0) is 4.79 Å². The van der Waals surface area contributed by atoms with Gasteiger partial charge in [0.2, 0.25) is 5.91 Å². The number of hydrogen-bond donors (Lipinski definition) is 1. The lowest BCUT2D eigenvalue weighted by Gasteiger charge is -2.14. The molecule has 146 valence electrons. The third kappa shape index (κ3) is 4.03. The maximum Gasteiger partial charge on any atom is 0.237 e. The van der Waals surface area contributed by atoms with E-state index in [1.165, 1.54) is 17.3 Å². The molecule has 3 aromatic carbocycles. The van der Waals surface area contributed by atoms with Crippen LogP contribution >= 0.6 is 11.8 Å². The maximum absolute atomic E-state index is 12.9. The summed E-state index contributed by atoms with van der Waals surface area (Å²) >= 11 is 1.40. The molecule has 1 atom stereocenters. The van der Waals surface area contributed by atoms with Gasteiger partial charge in [0.05, 0.1) is 5.25 Å². The first-order chi connectivity index (χ1) is 14.0. The van der Waals surface area contributed by atoms with Crippen molar-refractivity contribution in [3.05, 3.63) is 78.1 Å². The summed E-state index contributed by atoms with van der Waals surface area (Å²) < 4.78 is 1.98. The summed E-state index contributed by atoms with van der Waals surface area (Å²) in [6.45, 7) is 5.85. The molecule has 0 fully saturated rings. The second-order valence-electron chi connectivity index (χ2n) is 6.98. The molecule has 6 heteroatoms. The van der Waals surface area contributed by atoms with Crippen LogP contribution in [0.1, 0.15) is 18.3 Å². The highest BCUT2D eigenvalue weighted by Gasteiger charge is 2.20. The lowest BCUT2D eigenvalue weighted by atomic mass is 10.1. The van der Waals surface area contributed by atoms with Crippen molar-refractivity contribution in [3.63, 3.8) is 0 Å². The van der Waals surface area contributed by atoms with E-state index < -0.39 is 0 Å². The number of anilines is 1. The zero-order valence-corrected chi connectivity index (χ0v) is 17.4. The lowest BCUT2D eigenvalue weighted by Crippen LogP contribution is -2.23. The first kappa shape index (κ1) is 19.2. The van der Waals surface area contributed by atoms with Gasteiger partial charge in [-0.05, 0) is 44.4 Å². The Morgan fingerprint density at radius 1 is 0.966 bits per heavy atom. The Labute approximate surface area is 174 Å². The summed E-state index contributed by atoms with van der Waals surface area (Å²) in [4.78, 5) is 12.9. The SMILES string of the molecule is Cc1ccc(-n2c(C)nnc2S[C@@H](C)C(=O)Nc2cccc3ccccc23)cc1. The maximum atomic E-state index is 12.9. The Morgan fingerprint density at radius 3 is 2.48 bits per heavy atom. The van der Waals surface area contributed by atoms with Crippen LogP contribution in [0.5, 0.6) is 0 Å². The fourth-order valence-corrected chi connectivity index (χ4v) is 4.10. The fraction of sp³-hybridized carbons (Fsp3) is 0.174. The van der Waals surface area contributed by atoms with Gasteiger partial charge in [0.15, 0.2) is 5.16 Å². The molecule has 4 aromatic rings. The summed E-state index contributed by atoms with van der Waals surface area (Å²) in [5.74, 6) is 0.723. The second-order valence-corrected chi connectivity index (χ2v) is 8.28. The van der Waals surface area contributed by atoms with Gasteiger partial charge in [-0.1, -0.05) is 65.9 Å². The van der Waals surface area contributed by atoms with Crippen LogP contribution in [0.2, 0.25) is 0 Å². The van der Waals surface area contributed by atoms with Crippen LogP contribution in [0, 0.1) is 13.8 Å². The Kier molecular flexibility index (Phi) is 5.36. The molecular weight excluding hydrogens is 380 g/mol. The van der Waals surface area contributed by atoms with Crippen LogP contribution < -0.4 is 5.32 Å². The number of hydrogen-bond acceptors (Lipinski definition) is 4. The highest BCUT2D eigenvalue weighted by molar-refractivity contribution is 8.00. The molecule has 29 heavy (non-hydrogen) atoms. The van der Waals surface area contributed by atoms with Gasteiger partial charge >= 0.3 is 0 Å². The number of aryl methyl sites for hydroxylation is 2. The molecular formula is C23H22N4OS. The van der Waals surface area contributed by atoms with E-state index >= 15 is 0 Å². The molecule has 0 spiro atoms. The third-order valence-corrected chi connectivity index (χ3v) is 5.83. The van der Waals surface area contributed by atoms with Crippen molar-refractivity contribution >= 4 is 34.1 Å². The smallest absolute Gasteiger partial charge is 0.237 e. The van der Waals surface area contributed by atoms with Crippen molar-refractivity contribution in [2.75, 3.05) is 5.32 Å². The number of nitrogens with zero attached hydrogens (tertiary/aromatic N) is 3. The van der Waals surface area contributed by atoms with E-state index in [0.29, 0.717) is 5.16 Å². The molecule has 0 unspecified atom stereocenters. The average Bonchev–Trinajstić information content (AvgIpc) is 3.09. The lowest BCUT2D eigenvalue weighted by molar-refractivity contribution is -0.115. The molecule has 5 nitrogen and oxygen atoms in total. The first-order valence-electron chi connectivity index (χ1n) is 9.47. The van der Waals surface area contributed by atoms with Crippen molar-refractivity contribution in [3.8, 4) is 5.69 Å². The molecule has 0 aliphatic rings. The predicted octanol–water partition coefficient (Wildman–Crippen LogP) is 5.16. The summed E-state index contributed by atoms with van der Waals surface area (Å²) in [7, 11) is 0. The van der Waals surface area contributed by atoms with Crippen molar-refractivity contribution in [1.82, 2.24) is 14.8 Å². The zero-order chi connectivity index (χ0) is 20.4. The highest BCUT2D eigenvalue weighted by atomic mass is 32.2. The van der Waals surface area contributed by atoms with E-state index in [1.807, 2.05) is 73.0 Å². The minimum Gasteiger partial charge on any atom is -0.325 e. The van der Waals surface area contributed by atoms with E-state index in [2.05, 4.69) is 34.6 Å². The molecule has 1 amide bonds.